The maximum atomic E-state index is 6.16. The van der Waals surface area contributed by atoms with Crippen molar-refractivity contribution >= 4 is 34.3 Å². The highest BCUT2D eigenvalue weighted by atomic mass is 35.5. The van der Waals surface area contributed by atoms with Crippen molar-refractivity contribution in [1.29, 1.82) is 0 Å². The van der Waals surface area contributed by atoms with Gasteiger partial charge in [0.15, 0.2) is 6.29 Å². The maximum absolute atomic E-state index is 6.16. The van der Waals surface area contributed by atoms with Crippen LogP contribution < -0.4 is 5.32 Å². The van der Waals surface area contributed by atoms with Crippen LogP contribution in [0, 0.1) is 0 Å². The standard InChI is InChI=1S/C20H25ClN6O2/c1-12(2)27-15-10-17(25-16-7-8-22-20(21)26-16)23-11-14(15)24-19(27)13(3)29-18-6-4-5-9-28-18/h7-8,10-13,18H,4-6,9H2,1-3H3,(H,22,23,25,26). The lowest BCUT2D eigenvalue weighted by Crippen LogP contribution is -2.25. The molecule has 4 rings (SSSR count). The molecule has 8 nitrogen and oxygen atoms in total. The predicted molar refractivity (Wildman–Crippen MR) is 111 cm³/mol. The number of anilines is 2. The first-order chi connectivity index (χ1) is 14.0. The van der Waals surface area contributed by atoms with Gasteiger partial charge in [-0.3, -0.25) is 0 Å². The summed E-state index contributed by atoms with van der Waals surface area (Å²) >= 11 is 5.87. The summed E-state index contributed by atoms with van der Waals surface area (Å²) in [5, 5.41) is 3.35. The molecule has 3 aromatic heterocycles. The second-order valence-corrected chi connectivity index (χ2v) is 7.74. The maximum Gasteiger partial charge on any atom is 0.224 e. The van der Waals surface area contributed by atoms with Gasteiger partial charge in [-0.2, -0.15) is 0 Å². The van der Waals surface area contributed by atoms with Gasteiger partial charge in [-0.25, -0.2) is 19.9 Å². The Morgan fingerprint density at radius 3 is 2.79 bits per heavy atom. The molecule has 1 aliphatic heterocycles. The van der Waals surface area contributed by atoms with Crippen molar-refractivity contribution in [2.24, 2.45) is 0 Å². The van der Waals surface area contributed by atoms with E-state index in [4.69, 9.17) is 26.1 Å². The number of imidazole rings is 1. The zero-order chi connectivity index (χ0) is 20.4. The minimum Gasteiger partial charge on any atom is -0.353 e. The lowest BCUT2D eigenvalue weighted by Gasteiger charge is -2.26. The molecule has 0 saturated carbocycles. The molecule has 1 N–H and O–H groups in total. The fourth-order valence-corrected chi connectivity index (χ4v) is 3.71. The lowest BCUT2D eigenvalue weighted by atomic mass is 10.2. The van der Waals surface area contributed by atoms with E-state index in [1.807, 2.05) is 13.0 Å². The molecule has 1 saturated heterocycles. The number of halogens is 1. The molecule has 0 aliphatic carbocycles. The van der Waals surface area contributed by atoms with Crippen molar-refractivity contribution in [3.63, 3.8) is 0 Å². The van der Waals surface area contributed by atoms with Crippen LogP contribution in [-0.4, -0.2) is 37.4 Å². The second-order valence-electron chi connectivity index (χ2n) is 7.40. The van der Waals surface area contributed by atoms with Crippen molar-refractivity contribution in [2.45, 2.75) is 58.5 Å². The van der Waals surface area contributed by atoms with Crippen LogP contribution in [-0.2, 0) is 9.47 Å². The van der Waals surface area contributed by atoms with Crippen LogP contribution in [0.15, 0.2) is 24.5 Å². The van der Waals surface area contributed by atoms with Crippen LogP contribution in [0.1, 0.15) is 58.0 Å². The van der Waals surface area contributed by atoms with E-state index in [-0.39, 0.29) is 23.7 Å². The Balaban J connectivity index is 1.64. The van der Waals surface area contributed by atoms with E-state index in [2.05, 4.69) is 38.7 Å². The Hall–Kier alpha value is -2.29. The number of hydrogen-bond donors (Lipinski definition) is 1. The topological polar surface area (TPSA) is 87.0 Å². The highest BCUT2D eigenvalue weighted by Gasteiger charge is 2.24. The van der Waals surface area contributed by atoms with Gasteiger partial charge >= 0.3 is 0 Å². The Bertz CT molecular complexity index is 986. The highest BCUT2D eigenvalue weighted by Crippen LogP contribution is 2.30. The van der Waals surface area contributed by atoms with E-state index in [0.29, 0.717) is 11.6 Å². The van der Waals surface area contributed by atoms with Crippen molar-refractivity contribution < 1.29 is 9.47 Å². The minimum atomic E-state index is -0.190. The van der Waals surface area contributed by atoms with Gasteiger partial charge in [-0.05, 0) is 57.7 Å². The number of ether oxygens (including phenoxy) is 2. The van der Waals surface area contributed by atoms with E-state index in [9.17, 15) is 0 Å². The van der Waals surface area contributed by atoms with Crippen LogP contribution >= 0.6 is 11.6 Å². The zero-order valence-corrected chi connectivity index (χ0v) is 17.6. The van der Waals surface area contributed by atoms with Crippen molar-refractivity contribution in [1.82, 2.24) is 24.5 Å². The molecule has 0 aromatic carbocycles. The average Bonchev–Trinajstić information content (AvgIpc) is 3.08. The van der Waals surface area contributed by atoms with E-state index < -0.39 is 0 Å². The largest absolute Gasteiger partial charge is 0.353 e. The fraction of sp³-hybridized carbons (Fsp3) is 0.500. The Morgan fingerprint density at radius 2 is 2.07 bits per heavy atom. The third kappa shape index (κ3) is 4.49. The molecule has 29 heavy (non-hydrogen) atoms. The quantitative estimate of drug-likeness (QED) is 0.577. The molecule has 0 spiro atoms. The summed E-state index contributed by atoms with van der Waals surface area (Å²) in [5.74, 6) is 2.11. The molecule has 0 radical (unpaired) electrons. The van der Waals surface area contributed by atoms with Gasteiger partial charge < -0.3 is 19.4 Å². The third-order valence-corrected chi connectivity index (χ3v) is 5.04. The molecule has 3 aromatic rings. The SMILES string of the molecule is CC(OC1CCCCO1)c1nc2cnc(Nc3ccnc(Cl)n3)cc2n1C(C)C. The van der Waals surface area contributed by atoms with Gasteiger partial charge in [0.2, 0.25) is 5.28 Å². The van der Waals surface area contributed by atoms with Crippen LogP contribution in [0.4, 0.5) is 11.6 Å². The first-order valence-electron chi connectivity index (χ1n) is 9.92. The van der Waals surface area contributed by atoms with Gasteiger partial charge in [0.25, 0.3) is 0 Å². The van der Waals surface area contributed by atoms with E-state index in [0.717, 1.165) is 42.7 Å². The summed E-state index contributed by atoms with van der Waals surface area (Å²) < 4.78 is 14.1. The number of rotatable bonds is 6. The van der Waals surface area contributed by atoms with Gasteiger partial charge in [0.1, 0.15) is 29.1 Å². The molecule has 1 fully saturated rings. The van der Waals surface area contributed by atoms with Gasteiger partial charge in [0.05, 0.1) is 11.7 Å². The van der Waals surface area contributed by atoms with E-state index >= 15 is 0 Å². The van der Waals surface area contributed by atoms with Crippen LogP contribution in [0.3, 0.4) is 0 Å². The minimum absolute atomic E-state index is 0.169. The third-order valence-electron chi connectivity index (χ3n) is 4.86. The molecule has 1 aliphatic rings. The number of fused-ring (bicyclic) bond motifs is 1. The summed E-state index contributed by atoms with van der Waals surface area (Å²) in [7, 11) is 0. The highest BCUT2D eigenvalue weighted by molar-refractivity contribution is 6.28. The fourth-order valence-electron chi connectivity index (χ4n) is 3.56. The summed E-state index contributed by atoms with van der Waals surface area (Å²) in [4.78, 5) is 17.3. The van der Waals surface area contributed by atoms with Gasteiger partial charge in [0, 0.05) is 24.9 Å². The summed E-state index contributed by atoms with van der Waals surface area (Å²) in [6, 6.07) is 3.91. The first-order valence-corrected chi connectivity index (χ1v) is 10.3. The van der Waals surface area contributed by atoms with Crippen LogP contribution in [0.25, 0.3) is 11.0 Å². The molecule has 2 unspecified atom stereocenters. The Labute approximate surface area is 174 Å². The molecular weight excluding hydrogens is 392 g/mol. The Morgan fingerprint density at radius 1 is 1.21 bits per heavy atom. The Kier molecular flexibility index (Phi) is 5.94. The van der Waals surface area contributed by atoms with Gasteiger partial charge in [-0.15, -0.1) is 0 Å². The predicted octanol–water partition coefficient (Wildman–Crippen LogP) is 4.80. The molecule has 4 heterocycles. The molecular formula is C20H25ClN6O2. The number of aromatic nitrogens is 5. The average molecular weight is 417 g/mol. The molecule has 154 valence electrons. The van der Waals surface area contributed by atoms with Crippen LogP contribution in [0.2, 0.25) is 5.28 Å². The summed E-state index contributed by atoms with van der Waals surface area (Å²) in [6.45, 7) is 7.04. The number of nitrogens with zero attached hydrogens (tertiary/aromatic N) is 5. The molecule has 2 atom stereocenters. The lowest BCUT2D eigenvalue weighted by molar-refractivity contribution is -0.188. The molecule has 0 bridgehead atoms. The number of pyridine rings is 1. The number of hydrogen-bond acceptors (Lipinski definition) is 7. The first kappa shape index (κ1) is 20.0. The summed E-state index contributed by atoms with van der Waals surface area (Å²) in [6.07, 6.45) is 6.14. The second kappa shape index (κ2) is 8.61. The normalized spacial score (nSPS) is 18.3. The van der Waals surface area contributed by atoms with Crippen molar-refractivity contribution in [2.75, 3.05) is 11.9 Å². The van der Waals surface area contributed by atoms with E-state index in [1.54, 1.807) is 18.5 Å². The summed E-state index contributed by atoms with van der Waals surface area (Å²) in [5.41, 5.74) is 1.80. The zero-order valence-electron chi connectivity index (χ0n) is 16.8. The molecule has 0 amide bonds. The number of nitrogens with one attached hydrogen (secondary N) is 1. The van der Waals surface area contributed by atoms with Gasteiger partial charge in [-0.1, -0.05) is 0 Å². The smallest absolute Gasteiger partial charge is 0.224 e. The monoisotopic (exact) mass is 416 g/mol. The van der Waals surface area contributed by atoms with Crippen molar-refractivity contribution in [3.05, 3.63) is 35.6 Å². The van der Waals surface area contributed by atoms with E-state index in [1.165, 1.54) is 0 Å². The molecule has 9 heteroatoms. The van der Waals surface area contributed by atoms with Crippen molar-refractivity contribution in [3.8, 4) is 0 Å². The van der Waals surface area contributed by atoms with Crippen LogP contribution in [0.5, 0.6) is 0 Å².